The molecule has 0 saturated carbocycles. The fourth-order valence-corrected chi connectivity index (χ4v) is 4.48. The summed E-state index contributed by atoms with van der Waals surface area (Å²) in [6, 6.07) is 14.1. The Morgan fingerprint density at radius 3 is 2.56 bits per heavy atom. The summed E-state index contributed by atoms with van der Waals surface area (Å²) in [4.78, 5) is 29.9. The van der Waals surface area contributed by atoms with Gasteiger partial charge in [-0.15, -0.1) is 0 Å². The molecule has 1 aromatic heterocycles. The number of nitrogens with zero attached hydrogens (tertiary/aromatic N) is 2. The molecule has 3 rings (SSSR count). The van der Waals surface area contributed by atoms with E-state index in [4.69, 9.17) is 0 Å². The number of amides is 1. The Morgan fingerprint density at radius 2 is 1.84 bits per heavy atom. The first kappa shape index (κ1) is 23.8. The lowest BCUT2D eigenvalue weighted by Gasteiger charge is -2.12. The minimum atomic E-state index is -0.00556. The number of aromatic nitrogens is 2. The van der Waals surface area contributed by atoms with E-state index in [1.165, 1.54) is 22.9 Å². The van der Waals surface area contributed by atoms with Gasteiger partial charge in [0.1, 0.15) is 0 Å². The first-order valence-electron chi connectivity index (χ1n) is 10.9. The lowest BCUT2D eigenvalue weighted by molar-refractivity contribution is -0.116. The molecule has 0 aliphatic rings. The molecule has 32 heavy (non-hydrogen) atoms. The van der Waals surface area contributed by atoms with E-state index in [2.05, 4.69) is 36.3 Å². The summed E-state index contributed by atoms with van der Waals surface area (Å²) in [6.07, 6.45) is 1.72. The fourth-order valence-electron chi connectivity index (χ4n) is 3.53. The first-order valence-corrected chi connectivity index (χ1v) is 11.8. The van der Waals surface area contributed by atoms with Gasteiger partial charge in [0, 0.05) is 42.6 Å². The molecule has 1 N–H and O–H groups in total. The summed E-state index contributed by atoms with van der Waals surface area (Å²) in [7, 11) is 1.77. The minimum absolute atomic E-state index is 0.000356. The topological polar surface area (TPSA) is 64.0 Å². The van der Waals surface area contributed by atoms with Crippen LogP contribution in [0.3, 0.4) is 0 Å². The number of hydrogen-bond donors (Lipinski definition) is 1. The van der Waals surface area contributed by atoms with Crippen molar-refractivity contribution in [2.24, 2.45) is 7.05 Å². The molecule has 0 saturated heterocycles. The molecule has 1 amide bonds. The third-order valence-electron chi connectivity index (χ3n) is 5.58. The van der Waals surface area contributed by atoms with Crippen LogP contribution in [-0.2, 0) is 18.3 Å². The largest absolute Gasteiger partial charge is 0.326 e. The van der Waals surface area contributed by atoms with Crippen LogP contribution in [0.2, 0.25) is 0 Å². The van der Waals surface area contributed by atoms with Gasteiger partial charge in [0.15, 0.2) is 5.16 Å². The molecule has 6 heteroatoms. The van der Waals surface area contributed by atoms with Crippen molar-refractivity contribution in [2.45, 2.75) is 52.1 Å². The molecule has 168 valence electrons. The van der Waals surface area contributed by atoms with Crippen LogP contribution in [0.25, 0.3) is 0 Å². The molecule has 0 unspecified atom stereocenters. The predicted molar refractivity (Wildman–Crippen MR) is 133 cm³/mol. The molecule has 0 fully saturated rings. The van der Waals surface area contributed by atoms with Gasteiger partial charge in [-0.2, -0.15) is 0 Å². The van der Waals surface area contributed by atoms with Gasteiger partial charge < -0.3 is 5.32 Å². The van der Waals surface area contributed by atoms with E-state index in [1.807, 2.05) is 44.2 Å². The van der Waals surface area contributed by atoms with Crippen LogP contribution < -0.4 is 10.9 Å². The third kappa shape index (κ3) is 6.10. The number of aryl methyl sites for hydroxylation is 4. The summed E-state index contributed by atoms with van der Waals surface area (Å²) in [5.74, 6) is 0.720. The van der Waals surface area contributed by atoms with Crippen molar-refractivity contribution in [1.82, 2.24) is 9.55 Å². The Balaban J connectivity index is 1.56. The van der Waals surface area contributed by atoms with Gasteiger partial charge in [-0.3, -0.25) is 14.2 Å². The van der Waals surface area contributed by atoms with Crippen LogP contribution in [0, 0.1) is 27.7 Å². The van der Waals surface area contributed by atoms with Gasteiger partial charge in [0.25, 0.3) is 5.56 Å². The highest BCUT2D eigenvalue weighted by molar-refractivity contribution is 7.99. The highest BCUT2D eigenvalue weighted by Gasteiger charge is 2.13. The highest BCUT2D eigenvalue weighted by atomic mass is 32.2. The number of hydrogen-bond acceptors (Lipinski definition) is 4. The standard InChI is InChI=1S/C26H31N3O2S/c1-17-8-6-9-21(14-17)16-23-20(4)27-26(29(5)25(23)31)32-13-7-10-24(30)28-22-12-11-18(2)19(3)15-22/h6,8-9,11-12,14-15H,7,10,13,16H2,1-5H3,(H,28,30). The molecule has 2 aromatic carbocycles. The van der Waals surface area contributed by atoms with Crippen molar-refractivity contribution < 1.29 is 4.79 Å². The molecule has 0 aliphatic heterocycles. The van der Waals surface area contributed by atoms with Crippen LogP contribution in [0.15, 0.2) is 52.4 Å². The second kappa shape index (κ2) is 10.6. The molecule has 0 atom stereocenters. The predicted octanol–water partition coefficient (Wildman–Crippen LogP) is 5.12. The number of nitrogens with one attached hydrogen (secondary N) is 1. The minimum Gasteiger partial charge on any atom is -0.326 e. The lowest BCUT2D eigenvalue weighted by atomic mass is 10.0. The molecule has 0 bridgehead atoms. The van der Waals surface area contributed by atoms with E-state index in [0.717, 1.165) is 33.8 Å². The maximum absolute atomic E-state index is 12.9. The van der Waals surface area contributed by atoms with E-state index in [-0.39, 0.29) is 11.5 Å². The zero-order valence-corrected chi connectivity index (χ0v) is 20.3. The summed E-state index contributed by atoms with van der Waals surface area (Å²) in [6.45, 7) is 8.03. The van der Waals surface area contributed by atoms with Gasteiger partial charge in [0.2, 0.25) is 5.91 Å². The highest BCUT2D eigenvalue weighted by Crippen LogP contribution is 2.19. The van der Waals surface area contributed by atoms with Crippen LogP contribution in [-0.4, -0.2) is 21.2 Å². The second-order valence-electron chi connectivity index (χ2n) is 8.29. The fraction of sp³-hybridized carbons (Fsp3) is 0.346. The van der Waals surface area contributed by atoms with Crippen LogP contribution in [0.5, 0.6) is 0 Å². The quantitative estimate of drug-likeness (QED) is 0.295. The van der Waals surface area contributed by atoms with Crippen molar-refractivity contribution in [3.63, 3.8) is 0 Å². The number of anilines is 1. The van der Waals surface area contributed by atoms with Gasteiger partial charge in [-0.25, -0.2) is 4.98 Å². The molecular formula is C26H31N3O2S. The molecule has 0 spiro atoms. The van der Waals surface area contributed by atoms with Crippen molar-refractivity contribution in [3.8, 4) is 0 Å². The van der Waals surface area contributed by atoms with Gasteiger partial charge in [0.05, 0.1) is 0 Å². The Hall–Kier alpha value is -2.86. The number of carbonyl (C=O) groups excluding carboxylic acids is 1. The smallest absolute Gasteiger partial charge is 0.257 e. The molecule has 1 heterocycles. The average molecular weight is 450 g/mol. The van der Waals surface area contributed by atoms with Crippen molar-refractivity contribution in [1.29, 1.82) is 0 Å². The van der Waals surface area contributed by atoms with Crippen LogP contribution in [0.1, 0.15) is 46.4 Å². The number of thioether (sulfide) groups is 1. The molecular weight excluding hydrogens is 418 g/mol. The lowest BCUT2D eigenvalue weighted by Crippen LogP contribution is -2.25. The Morgan fingerprint density at radius 1 is 1.06 bits per heavy atom. The number of rotatable bonds is 8. The van der Waals surface area contributed by atoms with Crippen LogP contribution >= 0.6 is 11.8 Å². The Labute approximate surface area is 194 Å². The summed E-state index contributed by atoms with van der Waals surface area (Å²) >= 11 is 1.52. The van der Waals surface area contributed by atoms with Gasteiger partial charge in [-0.1, -0.05) is 47.7 Å². The maximum atomic E-state index is 12.9. The summed E-state index contributed by atoms with van der Waals surface area (Å²) in [5, 5.41) is 3.64. The SMILES string of the molecule is Cc1cccc(Cc2c(C)nc(SCCCC(=O)Nc3ccc(C)c(C)c3)n(C)c2=O)c1. The third-order valence-corrected chi connectivity index (χ3v) is 6.70. The summed E-state index contributed by atoms with van der Waals surface area (Å²) < 4.78 is 1.62. The van der Waals surface area contributed by atoms with E-state index in [9.17, 15) is 9.59 Å². The van der Waals surface area contributed by atoms with E-state index >= 15 is 0 Å². The Kier molecular flexibility index (Phi) is 7.91. The molecule has 5 nitrogen and oxygen atoms in total. The monoisotopic (exact) mass is 449 g/mol. The maximum Gasteiger partial charge on any atom is 0.257 e. The van der Waals surface area contributed by atoms with Crippen LogP contribution in [0.4, 0.5) is 5.69 Å². The number of benzene rings is 2. The van der Waals surface area contributed by atoms with Crippen molar-refractivity contribution >= 4 is 23.4 Å². The molecule has 0 aliphatic carbocycles. The summed E-state index contributed by atoms with van der Waals surface area (Å²) in [5.41, 5.74) is 6.98. The molecule has 3 aromatic rings. The van der Waals surface area contributed by atoms with Crippen molar-refractivity contribution in [2.75, 3.05) is 11.1 Å². The van der Waals surface area contributed by atoms with E-state index in [1.54, 1.807) is 11.6 Å². The second-order valence-corrected chi connectivity index (χ2v) is 9.35. The van der Waals surface area contributed by atoms with E-state index < -0.39 is 0 Å². The zero-order valence-electron chi connectivity index (χ0n) is 19.5. The van der Waals surface area contributed by atoms with Gasteiger partial charge >= 0.3 is 0 Å². The number of carbonyl (C=O) groups is 1. The normalized spacial score (nSPS) is 10.9. The zero-order chi connectivity index (χ0) is 23.3. The van der Waals surface area contributed by atoms with Crippen molar-refractivity contribution in [3.05, 3.63) is 86.3 Å². The first-order chi connectivity index (χ1) is 15.2. The average Bonchev–Trinajstić information content (AvgIpc) is 2.74. The van der Waals surface area contributed by atoms with Gasteiger partial charge in [-0.05, 0) is 62.9 Å². The molecule has 0 radical (unpaired) electrons. The van der Waals surface area contributed by atoms with E-state index in [0.29, 0.717) is 24.4 Å². The Bertz CT molecular complexity index is 1180.